The molecule has 0 spiro atoms. The Balaban J connectivity index is 1.87. The van der Waals surface area contributed by atoms with Crippen molar-refractivity contribution in [1.82, 2.24) is 9.80 Å². The van der Waals surface area contributed by atoms with E-state index < -0.39 is 0 Å². The van der Waals surface area contributed by atoms with Crippen LogP contribution in [0.2, 0.25) is 0 Å². The molecule has 92 valence electrons. The number of piperidine rings is 1. The average molecular weight is 225 g/mol. The molecule has 2 rings (SSSR count). The first-order chi connectivity index (χ1) is 7.59. The van der Waals surface area contributed by atoms with Crippen LogP contribution in [0.5, 0.6) is 0 Å². The second-order valence-electron chi connectivity index (χ2n) is 5.30. The minimum atomic E-state index is 0.152. The minimum Gasteiger partial charge on any atom is -0.344 e. The Kier molecular flexibility index (Phi) is 3.50. The molecular weight excluding hydrogens is 202 g/mol. The Bertz CT molecular complexity index is 259. The normalized spacial score (nSPS) is 31.1. The standard InChI is InChI=1S/C12H23N3O/c1-9(13)10-3-7-15(8-4-10)11-5-6-14(2)12(11)16/h9-11H,3-8,13H2,1-2H3. The molecule has 1 amide bonds. The number of carbonyl (C=O) groups excluding carboxylic acids is 1. The van der Waals surface area contributed by atoms with Gasteiger partial charge in [0.25, 0.3) is 0 Å². The van der Waals surface area contributed by atoms with Crippen molar-refractivity contribution in [2.24, 2.45) is 11.7 Å². The molecule has 2 N–H and O–H groups in total. The molecule has 0 aliphatic carbocycles. The summed E-state index contributed by atoms with van der Waals surface area (Å²) in [6.45, 7) is 5.08. The van der Waals surface area contributed by atoms with Gasteiger partial charge in [-0.15, -0.1) is 0 Å². The van der Waals surface area contributed by atoms with Gasteiger partial charge in [-0.3, -0.25) is 9.69 Å². The Hall–Kier alpha value is -0.610. The zero-order valence-electron chi connectivity index (χ0n) is 10.4. The summed E-state index contributed by atoms with van der Waals surface area (Å²) in [5, 5.41) is 0. The first-order valence-corrected chi connectivity index (χ1v) is 6.34. The summed E-state index contributed by atoms with van der Waals surface area (Å²) < 4.78 is 0. The number of rotatable bonds is 2. The maximum atomic E-state index is 11.9. The number of carbonyl (C=O) groups is 1. The number of likely N-dealkylation sites (tertiary alicyclic amines) is 2. The van der Waals surface area contributed by atoms with E-state index in [1.807, 2.05) is 11.9 Å². The van der Waals surface area contributed by atoms with E-state index >= 15 is 0 Å². The Morgan fingerprint density at radius 2 is 1.88 bits per heavy atom. The summed E-state index contributed by atoms with van der Waals surface area (Å²) in [6.07, 6.45) is 3.29. The molecule has 2 saturated heterocycles. The fraction of sp³-hybridized carbons (Fsp3) is 0.917. The van der Waals surface area contributed by atoms with Crippen LogP contribution in [0.4, 0.5) is 0 Å². The first-order valence-electron chi connectivity index (χ1n) is 6.34. The largest absolute Gasteiger partial charge is 0.344 e. The van der Waals surface area contributed by atoms with Crippen LogP contribution in [0.3, 0.4) is 0 Å². The molecule has 2 aliphatic rings. The van der Waals surface area contributed by atoms with Crippen LogP contribution in [-0.2, 0) is 4.79 Å². The van der Waals surface area contributed by atoms with E-state index in [0.29, 0.717) is 17.9 Å². The monoisotopic (exact) mass is 225 g/mol. The molecule has 16 heavy (non-hydrogen) atoms. The van der Waals surface area contributed by atoms with E-state index in [9.17, 15) is 4.79 Å². The molecule has 0 aromatic carbocycles. The molecule has 0 radical (unpaired) electrons. The third kappa shape index (κ3) is 2.23. The van der Waals surface area contributed by atoms with Crippen molar-refractivity contribution in [2.45, 2.75) is 38.3 Å². The lowest BCUT2D eigenvalue weighted by Gasteiger charge is -2.36. The Labute approximate surface area is 97.8 Å². The van der Waals surface area contributed by atoms with Gasteiger partial charge in [0.05, 0.1) is 6.04 Å². The molecule has 2 aliphatic heterocycles. The Morgan fingerprint density at radius 1 is 1.25 bits per heavy atom. The molecule has 0 bridgehead atoms. The van der Waals surface area contributed by atoms with Crippen molar-refractivity contribution in [3.63, 3.8) is 0 Å². The molecule has 2 heterocycles. The van der Waals surface area contributed by atoms with E-state index in [1.165, 1.54) is 0 Å². The number of nitrogens with zero attached hydrogens (tertiary/aromatic N) is 2. The summed E-state index contributed by atoms with van der Waals surface area (Å²) >= 11 is 0. The van der Waals surface area contributed by atoms with Gasteiger partial charge < -0.3 is 10.6 Å². The molecule has 2 fully saturated rings. The molecule has 0 saturated carbocycles. The van der Waals surface area contributed by atoms with Crippen molar-refractivity contribution in [3.8, 4) is 0 Å². The second-order valence-corrected chi connectivity index (χ2v) is 5.30. The van der Waals surface area contributed by atoms with Crippen molar-refractivity contribution in [2.75, 3.05) is 26.7 Å². The lowest BCUT2D eigenvalue weighted by Crippen LogP contribution is -2.47. The summed E-state index contributed by atoms with van der Waals surface area (Å²) in [7, 11) is 1.90. The molecule has 4 nitrogen and oxygen atoms in total. The highest BCUT2D eigenvalue weighted by Crippen LogP contribution is 2.24. The van der Waals surface area contributed by atoms with Gasteiger partial charge in [-0.25, -0.2) is 0 Å². The molecule has 0 aromatic heterocycles. The zero-order valence-corrected chi connectivity index (χ0v) is 10.4. The van der Waals surface area contributed by atoms with E-state index in [-0.39, 0.29) is 6.04 Å². The Morgan fingerprint density at radius 3 is 2.31 bits per heavy atom. The summed E-state index contributed by atoms with van der Waals surface area (Å²) in [6, 6.07) is 0.447. The number of hydrogen-bond acceptors (Lipinski definition) is 3. The highest BCUT2D eigenvalue weighted by molar-refractivity contribution is 5.83. The van der Waals surface area contributed by atoms with Crippen molar-refractivity contribution < 1.29 is 4.79 Å². The molecule has 2 unspecified atom stereocenters. The topological polar surface area (TPSA) is 49.6 Å². The van der Waals surface area contributed by atoms with Crippen LogP contribution in [0.1, 0.15) is 26.2 Å². The quantitative estimate of drug-likeness (QED) is 0.734. The number of amides is 1. The summed E-state index contributed by atoms with van der Waals surface area (Å²) in [4.78, 5) is 16.1. The summed E-state index contributed by atoms with van der Waals surface area (Å²) in [5.74, 6) is 0.949. The highest BCUT2D eigenvalue weighted by atomic mass is 16.2. The van der Waals surface area contributed by atoms with Crippen molar-refractivity contribution in [3.05, 3.63) is 0 Å². The smallest absolute Gasteiger partial charge is 0.239 e. The van der Waals surface area contributed by atoms with E-state index in [2.05, 4.69) is 11.8 Å². The van der Waals surface area contributed by atoms with Crippen LogP contribution < -0.4 is 5.73 Å². The molecule has 2 atom stereocenters. The van der Waals surface area contributed by atoms with Gasteiger partial charge >= 0.3 is 0 Å². The summed E-state index contributed by atoms with van der Waals surface area (Å²) in [5.41, 5.74) is 5.92. The third-order valence-corrected chi connectivity index (χ3v) is 4.16. The first kappa shape index (κ1) is 11.9. The van der Waals surface area contributed by atoms with E-state index in [0.717, 1.165) is 38.9 Å². The average Bonchev–Trinajstić information content (AvgIpc) is 2.60. The SMILES string of the molecule is CC(N)C1CCN(C2CCN(C)C2=O)CC1. The number of likely N-dealkylation sites (N-methyl/N-ethyl adjacent to an activating group) is 1. The fourth-order valence-corrected chi connectivity index (χ4v) is 2.90. The van der Waals surface area contributed by atoms with Crippen LogP contribution >= 0.6 is 0 Å². The van der Waals surface area contributed by atoms with Gasteiger partial charge in [0.15, 0.2) is 0 Å². The van der Waals surface area contributed by atoms with Gasteiger partial charge in [0.1, 0.15) is 0 Å². The van der Waals surface area contributed by atoms with E-state index in [4.69, 9.17) is 5.73 Å². The van der Waals surface area contributed by atoms with Gasteiger partial charge in [0.2, 0.25) is 5.91 Å². The maximum Gasteiger partial charge on any atom is 0.239 e. The van der Waals surface area contributed by atoms with Crippen LogP contribution in [-0.4, -0.2) is 54.5 Å². The number of nitrogens with two attached hydrogens (primary N) is 1. The molecule has 0 aromatic rings. The van der Waals surface area contributed by atoms with E-state index in [1.54, 1.807) is 0 Å². The lowest BCUT2D eigenvalue weighted by atomic mass is 9.90. The van der Waals surface area contributed by atoms with Crippen LogP contribution in [0, 0.1) is 5.92 Å². The van der Waals surface area contributed by atoms with Crippen molar-refractivity contribution >= 4 is 5.91 Å². The maximum absolute atomic E-state index is 11.9. The highest BCUT2D eigenvalue weighted by Gasteiger charge is 2.35. The van der Waals surface area contributed by atoms with Gasteiger partial charge in [-0.2, -0.15) is 0 Å². The van der Waals surface area contributed by atoms with Gasteiger partial charge in [0, 0.05) is 19.6 Å². The fourth-order valence-electron chi connectivity index (χ4n) is 2.90. The van der Waals surface area contributed by atoms with Crippen LogP contribution in [0.15, 0.2) is 0 Å². The predicted molar refractivity (Wildman–Crippen MR) is 64.0 cm³/mol. The lowest BCUT2D eigenvalue weighted by molar-refractivity contribution is -0.131. The minimum absolute atomic E-state index is 0.152. The second kappa shape index (κ2) is 4.72. The van der Waals surface area contributed by atoms with Gasteiger partial charge in [-0.05, 0) is 45.2 Å². The van der Waals surface area contributed by atoms with Crippen molar-refractivity contribution in [1.29, 1.82) is 0 Å². The molecule has 4 heteroatoms. The zero-order chi connectivity index (χ0) is 11.7. The number of hydrogen-bond donors (Lipinski definition) is 1. The van der Waals surface area contributed by atoms with Gasteiger partial charge in [-0.1, -0.05) is 0 Å². The third-order valence-electron chi connectivity index (χ3n) is 4.16. The van der Waals surface area contributed by atoms with Crippen LogP contribution in [0.25, 0.3) is 0 Å². The predicted octanol–water partition coefficient (Wildman–Crippen LogP) is 0.276. The molecular formula is C12H23N3O.